The number of nitrogens with zero attached hydrogens (tertiary/aromatic N) is 1. The standard InChI is InChI=1S/C15H22F2N2O/c16-13-6-2-5-12(15(13)17)14(18)7-8-19(9-10-20)11-3-1-4-11/h2,5-6,11,14,20H,1,3-4,7-10,18H2. The zero-order valence-corrected chi connectivity index (χ0v) is 11.6. The summed E-state index contributed by atoms with van der Waals surface area (Å²) in [7, 11) is 0. The van der Waals surface area contributed by atoms with Crippen LogP contribution in [0.3, 0.4) is 0 Å². The van der Waals surface area contributed by atoms with E-state index in [1.807, 2.05) is 0 Å². The van der Waals surface area contributed by atoms with Gasteiger partial charge in [-0.1, -0.05) is 18.6 Å². The molecule has 1 aromatic rings. The topological polar surface area (TPSA) is 49.5 Å². The minimum Gasteiger partial charge on any atom is -0.395 e. The van der Waals surface area contributed by atoms with E-state index >= 15 is 0 Å². The fourth-order valence-electron chi connectivity index (χ4n) is 2.62. The first-order chi connectivity index (χ1) is 9.63. The van der Waals surface area contributed by atoms with Gasteiger partial charge >= 0.3 is 0 Å². The molecule has 1 saturated carbocycles. The molecule has 1 atom stereocenters. The van der Waals surface area contributed by atoms with E-state index in [2.05, 4.69) is 4.90 Å². The lowest BCUT2D eigenvalue weighted by Crippen LogP contribution is -2.43. The molecule has 3 N–H and O–H groups in total. The summed E-state index contributed by atoms with van der Waals surface area (Å²) in [5, 5.41) is 9.09. The third-order valence-corrected chi connectivity index (χ3v) is 4.09. The summed E-state index contributed by atoms with van der Waals surface area (Å²) < 4.78 is 26.8. The van der Waals surface area contributed by atoms with Crippen LogP contribution in [0.5, 0.6) is 0 Å². The Morgan fingerprint density at radius 3 is 2.65 bits per heavy atom. The first-order valence-electron chi connectivity index (χ1n) is 7.18. The molecule has 0 saturated heterocycles. The highest BCUT2D eigenvalue weighted by atomic mass is 19.2. The lowest BCUT2D eigenvalue weighted by Gasteiger charge is -2.37. The van der Waals surface area contributed by atoms with Gasteiger partial charge in [-0.05, 0) is 25.3 Å². The van der Waals surface area contributed by atoms with Gasteiger partial charge in [0.15, 0.2) is 11.6 Å². The molecular weight excluding hydrogens is 262 g/mol. The van der Waals surface area contributed by atoms with Crippen LogP contribution >= 0.6 is 0 Å². The van der Waals surface area contributed by atoms with Crippen molar-refractivity contribution in [1.82, 2.24) is 4.90 Å². The third-order valence-electron chi connectivity index (χ3n) is 4.09. The summed E-state index contributed by atoms with van der Waals surface area (Å²) in [5.41, 5.74) is 6.20. The maximum atomic E-state index is 13.7. The summed E-state index contributed by atoms with van der Waals surface area (Å²) >= 11 is 0. The summed E-state index contributed by atoms with van der Waals surface area (Å²) in [6.07, 6.45) is 4.06. The van der Waals surface area contributed by atoms with E-state index in [1.165, 1.54) is 18.6 Å². The Balaban J connectivity index is 1.92. The van der Waals surface area contributed by atoms with Gasteiger partial charge in [-0.25, -0.2) is 8.78 Å². The lowest BCUT2D eigenvalue weighted by atomic mass is 9.91. The zero-order chi connectivity index (χ0) is 14.5. The van der Waals surface area contributed by atoms with Crippen LogP contribution in [-0.4, -0.2) is 35.7 Å². The molecule has 3 nitrogen and oxygen atoms in total. The molecule has 0 heterocycles. The average molecular weight is 284 g/mol. The summed E-state index contributed by atoms with van der Waals surface area (Å²) in [6.45, 7) is 1.42. The lowest BCUT2D eigenvalue weighted by molar-refractivity contribution is 0.0981. The van der Waals surface area contributed by atoms with Crippen molar-refractivity contribution in [2.24, 2.45) is 5.73 Å². The quantitative estimate of drug-likeness (QED) is 0.807. The Morgan fingerprint density at radius 1 is 1.30 bits per heavy atom. The van der Waals surface area contributed by atoms with E-state index in [0.29, 0.717) is 25.6 Å². The molecule has 1 aromatic carbocycles. The number of hydrogen-bond acceptors (Lipinski definition) is 3. The molecule has 112 valence electrons. The van der Waals surface area contributed by atoms with Gasteiger partial charge in [0.1, 0.15) is 0 Å². The van der Waals surface area contributed by atoms with Crippen LogP contribution in [0.25, 0.3) is 0 Å². The Morgan fingerprint density at radius 2 is 2.05 bits per heavy atom. The normalized spacial score (nSPS) is 17.2. The number of benzene rings is 1. The van der Waals surface area contributed by atoms with Gasteiger partial charge in [0.05, 0.1) is 6.61 Å². The van der Waals surface area contributed by atoms with Crippen molar-refractivity contribution >= 4 is 0 Å². The van der Waals surface area contributed by atoms with Crippen LogP contribution in [0.2, 0.25) is 0 Å². The maximum Gasteiger partial charge on any atom is 0.163 e. The molecule has 0 bridgehead atoms. The van der Waals surface area contributed by atoms with Crippen LogP contribution < -0.4 is 5.73 Å². The smallest absolute Gasteiger partial charge is 0.163 e. The minimum atomic E-state index is -0.857. The Kier molecular flexibility index (Phi) is 5.46. The Labute approximate surface area is 118 Å². The molecule has 0 aliphatic heterocycles. The van der Waals surface area contributed by atoms with Crippen molar-refractivity contribution in [2.75, 3.05) is 19.7 Å². The highest BCUT2D eigenvalue weighted by molar-refractivity contribution is 5.22. The van der Waals surface area contributed by atoms with Gasteiger partial charge in [-0.15, -0.1) is 0 Å². The SMILES string of the molecule is NC(CCN(CCO)C1CCC1)c1cccc(F)c1F. The van der Waals surface area contributed by atoms with Gasteiger partial charge in [0.25, 0.3) is 0 Å². The second-order valence-corrected chi connectivity index (χ2v) is 5.38. The average Bonchev–Trinajstić information content (AvgIpc) is 2.37. The van der Waals surface area contributed by atoms with Crippen molar-refractivity contribution in [3.05, 3.63) is 35.4 Å². The van der Waals surface area contributed by atoms with E-state index in [0.717, 1.165) is 18.9 Å². The van der Waals surface area contributed by atoms with E-state index < -0.39 is 17.7 Å². The van der Waals surface area contributed by atoms with Gasteiger partial charge in [0.2, 0.25) is 0 Å². The van der Waals surface area contributed by atoms with E-state index in [-0.39, 0.29) is 12.2 Å². The van der Waals surface area contributed by atoms with E-state index in [4.69, 9.17) is 10.8 Å². The number of aliphatic hydroxyl groups is 1. The van der Waals surface area contributed by atoms with Crippen molar-refractivity contribution in [3.8, 4) is 0 Å². The van der Waals surface area contributed by atoms with Crippen molar-refractivity contribution in [2.45, 2.75) is 37.8 Å². The van der Waals surface area contributed by atoms with Gasteiger partial charge in [-0.2, -0.15) is 0 Å². The molecule has 1 unspecified atom stereocenters. The molecule has 1 aliphatic rings. The molecule has 0 amide bonds. The highest BCUT2D eigenvalue weighted by Crippen LogP contribution is 2.26. The van der Waals surface area contributed by atoms with Crippen LogP contribution in [-0.2, 0) is 0 Å². The number of rotatable bonds is 7. The third kappa shape index (κ3) is 3.53. The van der Waals surface area contributed by atoms with Gasteiger partial charge in [0, 0.05) is 30.7 Å². The van der Waals surface area contributed by atoms with Crippen LogP contribution in [0.1, 0.15) is 37.3 Å². The molecule has 0 spiro atoms. The Bertz CT molecular complexity index is 438. The zero-order valence-electron chi connectivity index (χ0n) is 11.6. The first kappa shape index (κ1) is 15.4. The summed E-state index contributed by atoms with van der Waals surface area (Å²) in [6, 6.07) is 4.09. The first-order valence-corrected chi connectivity index (χ1v) is 7.18. The van der Waals surface area contributed by atoms with Crippen molar-refractivity contribution in [3.63, 3.8) is 0 Å². The molecule has 1 aliphatic carbocycles. The number of halogens is 2. The molecule has 0 aromatic heterocycles. The maximum absolute atomic E-state index is 13.7. The summed E-state index contributed by atoms with van der Waals surface area (Å²) in [4.78, 5) is 2.20. The van der Waals surface area contributed by atoms with Crippen molar-refractivity contribution in [1.29, 1.82) is 0 Å². The van der Waals surface area contributed by atoms with Crippen molar-refractivity contribution < 1.29 is 13.9 Å². The largest absolute Gasteiger partial charge is 0.395 e. The Hall–Kier alpha value is -1.04. The molecule has 0 radical (unpaired) electrons. The molecule has 5 heteroatoms. The molecule has 20 heavy (non-hydrogen) atoms. The second kappa shape index (κ2) is 7.11. The van der Waals surface area contributed by atoms with E-state index in [1.54, 1.807) is 0 Å². The highest BCUT2D eigenvalue weighted by Gasteiger charge is 2.25. The predicted octanol–water partition coefficient (Wildman–Crippen LogP) is 2.20. The summed E-state index contributed by atoms with van der Waals surface area (Å²) in [5.74, 6) is -1.71. The van der Waals surface area contributed by atoms with Gasteiger partial charge in [-0.3, -0.25) is 4.90 Å². The molecular formula is C15H22F2N2O. The minimum absolute atomic E-state index is 0.111. The fraction of sp³-hybridized carbons (Fsp3) is 0.600. The van der Waals surface area contributed by atoms with Crippen LogP contribution in [0.4, 0.5) is 8.78 Å². The fourth-order valence-corrected chi connectivity index (χ4v) is 2.62. The second-order valence-electron chi connectivity index (χ2n) is 5.38. The molecule has 2 rings (SSSR count). The number of aliphatic hydroxyl groups excluding tert-OH is 1. The van der Waals surface area contributed by atoms with E-state index in [9.17, 15) is 8.78 Å². The number of hydrogen-bond donors (Lipinski definition) is 2. The van der Waals surface area contributed by atoms with Crippen LogP contribution in [0.15, 0.2) is 18.2 Å². The van der Waals surface area contributed by atoms with Crippen LogP contribution in [0, 0.1) is 11.6 Å². The van der Waals surface area contributed by atoms with Gasteiger partial charge < -0.3 is 10.8 Å². The molecule has 1 fully saturated rings. The predicted molar refractivity (Wildman–Crippen MR) is 74.2 cm³/mol. The number of nitrogens with two attached hydrogens (primary N) is 1. The monoisotopic (exact) mass is 284 g/mol.